The zero-order valence-corrected chi connectivity index (χ0v) is 17.8. The quantitative estimate of drug-likeness (QED) is 0.820. The first kappa shape index (κ1) is 20.0. The highest BCUT2D eigenvalue weighted by Crippen LogP contribution is 2.36. The number of piperidine rings is 1. The Kier molecular flexibility index (Phi) is 5.44. The molecule has 0 radical (unpaired) electrons. The summed E-state index contributed by atoms with van der Waals surface area (Å²) < 4.78 is 11.7. The molecule has 1 atom stereocenters. The zero-order chi connectivity index (χ0) is 20.6. The van der Waals surface area contributed by atoms with Gasteiger partial charge in [-0.25, -0.2) is 9.97 Å². The first-order chi connectivity index (χ1) is 13.9. The van der Waals surface area contributed by atoms with Crippen LogP contribution < -0.4 is 5.32 Å². The van der Waals surface area contributed by atoms with Crippen molar-refractivity contribution >= 4 is 23.2 Å². The van der Waals surface area contributed by atoms with E-state index < -0.39 is 6.04 Å². The van der Waals surface area contributed by atoms with Gasteiger partial charge in [0.1, 0.15) is 16.7 Å². The Hall–Kier alpha value is -2.26. The van der Waals surface area contributed by atoms with Crippen LogP contribution in [0.5, 0.6) is 0 Å². The number of likely N-dealkylation sites (tertiary alicyclic amines) is 1. The van der Waals surface area contributed by atoms with Gasteiger partial charge in [0.15, 0.2) is 5.69 Å². The van der Waals surface area contributed by atoms with Gasteiger partial charge in [0, 0.05) is 19.7 Å². The van der Waals surface area contributed by atoms with Gasteiger partial charge in [0.25, 0.3) is 11.8 Å². The minimum Gasteiger partial charge on any atom is -0.443 e. The Bertz CT molecular complexity index is 905. The number of aromatic nitrogens is 2. The van der Waals surface area contributed by atoms with Crippen molar-refractivity contribution < 1.29 is 18.7 Å². The van der Waals surface area contributed by atoms with Crippen LogP contribution in [0.15, 0.2) is 9.93 Å². The van der Waals surface area contributed by atoms with Gasteiger partial charge in [-0.05, 0) is 46.5 Å². The van der Waals surface area contributed by atoms with Crippen LogP contribution >= 0.6 is 11.3 Å². The van der Waals surface area contributed by atoms with Gasteiger partial charge in [-0.15, -0.1) is 11.3 Å². The van der Waals surface area contributed by atoms with Crippen molar-refractivity contribution in [2.75, 3.05) is 19.7 Å². The van der Waals surface area contributed by atoms with E-state index in [9.17, 15) is 9.59 Å². The summed E-state index contributed by atoms with van der Waals surface area (Å²) >= 11 is 1.29. The van der Waals surface area contributed by atoms with E-state index in [1.165, 1.54) is 11.3 Å². The molecular weight excluding hydrogens is 392 g/mol. The summed E-state index contributed by atoms with van der Waals surface area (Å²) in [4.78, 5) is 36.3. The van der Waals surface area contributed by atoms with Crippen molar-refractivity contribution in [3.63, 3.8) is 0 Å². The van der Waals surface area contributed by atoms with E-state index in [2.05, 4.69) is 15.3 Å². The number of amides is 2. The molecule has 2 aromatic rings. The summed E-state index contributed by atoms with van der Waals surface area (Å²) in [5, 5.41) is 2.87. The molecule has 0 bridgehead atoms. The van der Waals surface area contributed by atoms with E-state index >= 15 is 0 Å². The summed E-state index contributed by atoms with van der Waals surface area (Å²) in [7, 11) is 0. The maximum atomic E-state index is 13.0. The molecule has 2 fully saturated rings. The number of aryl methyl sites for hydroxylation is 2. The number of nitrogens with one attached hydrogen (secondary N) is 1. The standard InChI is InChI=1S/C20H26N4O4S/c1-12-16(29-11-21-12)17(25)22-13(2)18-23-15(14(3)28-18)19(26)24-8-6-20(7-9-24)5-4-10-27-20/h11,13H,4-10H2,1-3H3,(H,22,25)/t13-/m0/s1. The number of hydrogen-bond acceptors (Lipinski definition) is 7. The first-order valence-electron chi connectivity index (χ1n) is 10.00. The molecular formula is C20H26N4O4S. The van der Waals surface area contributed by atoms with Gasteiger partial charge in [-0.3, -0.25) is 9.59 Å². The lowest BCUT2D eigenvalue weighted by atomic mass is 9.88. The van der Waals surface area contributed by atoms with Crippen LogP contribution in [-0.2, 0) is 4.74 Å². The fourth-order valence-corrected chi connectivity index (χ4v) is 4.77. The number of carbonyl (C=O) groups excluding carboxylic acids is 2. The van der Waals surface area contributed by atoms with E-state index in [0.717, 1.165) is 32.3 Å². The van der Waals surface area contributed by atoms with Gasteiger partial charge in [-0.1, -0.05) is 0 Å². The van der Waals surface area contributed by atoms with Crippen LogP contribution in [0.2, 0.25) is 0 Å². The summed E-state index contributed by atoms with van der Waals surface area (Å²) in [6.07, 6.45) is 3.91. The summed E-state index contributed by atoms with van der Waals surface area (Å²) in [6, 6.07) is -0.458. The average Bonchev–Trinajstić information content (AvgIpc) is 3.42. The number of hydrogen-bond donors (Lipinski definition) is 1. The second-order valence-electron chi connectivity index (χ2n) is 7.85. The lowest BCUT2D eigenvalue weighted by molar-refractivity contribution is -0.0388. The third kappa shape index (κ3) is 3.93. The van der Waals surface area contributed by atoms with E-state index in [4.69, 9.17) is 9.15 Å². The Morgan fingerprint density at radius 1 is 1.28 bits per heavy atom. The molecule has 0 aliphatic carbocycles. The fourth-order valence-electron chi connectivity index (χ4n) is 4.06. The van der Waals surface area contributed by atoms with E-state index in [0.29, 0.717) is 41.0 Å². The molecule has 4 rings (SSSR count). The van der Waals surface area contributed by atoms with Crippen molar-refractivity contribution in [1.82, 2.24) is 20.2 Å². The Labute approximate surface area is 173 Å². The molecule has 2 saturated heterocycles. The lowest BCUT2D eigenvalue weighted by Gasteiger charge is -2.38. The number of thiazole rings is 1. The second-order valence-corrected chi connectivity index (χ2v) is 8.70. The minimum absolute atomic E-state index is 0.0333. The number of ether oxygens (including phenoxy) is 1. The molecule has 0 aromatic carbocycles. The number of nitrogens with zero attached hydrogens (tertiary/aromatic N) is 3. The van der Waals surface area contributed by atoms with Crippen LogP contribution in [-0.4, -0.2) is 52.0 Å². The molecule has 0 unspecified atom stereocenters. The maximum Gasteiger partial charge on any atom is 0.276 e. The van der Waals surface area contributed by atoms with Gasteiger partial charge >= 0.3 is 0 Å². The third-order valence-electron chi connectivity index (χ3n) is 5.83. The van der Waals surface area contributed by atoms with Crippen LogP contribution in [0, 0.1) is 13.8 Å². The van der Waals surface area contributed by atoms with Gasteiger partial charge in [-0.2, -0.15) is 0 Å². The number of rotatable bonds is 4. The minimum atomic E-state index is -0.458. The second kappa shape index (κ2) is 7.87. The van der Waals surface area contributed by atoms with Crippen LogP contribution in [0.1, 0.15) is 76.2 Å². The molecule has 2 amide bonds. The number of oxazole rings is 1. The van der Waals surface area contributed by atoms with Crippen molar-refractivity contribution in [2.45, 2.75) is 58.1 Å². The molecule has 2 aliphatic rings. The fraction of sp³-hybridized carbons (Fsp3) is 0.600. The molecule has 1 N–H and O–H groups in total. The predicted molar refractivity (Wildman–Crippen MR) is 107 cm³/mol. The molecule has 8 nitrogen and oxygen atoms in total. The molecule has 156 valence electrons. The Morgan fingerprint density at radius 2 is 2.03 bits per heavy atom. The molecule has 2 aromatic heterocycles. The van der Waals surface area contributed by atoms with E-state index in [-0.39, 0.29) is 17.4 Å². The van der Waals surface area contributed by atoms with E-state index in [1.807, 2.05) is 4.90 Å². The molecule has 2 aliphatic heterocycles. The Morgan fingerprint density at radius 3 is 2.66 bits per heavy atom. The van der Waals surface area contributed by atoms with Crippen molar-refractivity contribution in [3.8, 4) is 0 Å². The smallest absolute Gasteiger partial charge is 0.276 e. The first-order valence-corrected chi connectivity index (χ1v) is 10.9. The van der Waals surface area contributed by atoms with Gasteiger partial charge in [0.05, 0.1) is 16.8 Å². The summed E-state index contributed by atoms with van der Waals surface area (Å²) in [5.74, 6) is 0.452. The Balaban J connectivity index is 1.41. The highest BCUT2D eigenvalue weighted by Gasteiger charge is 2.40. The van der Waals surface area contributed by atoms with Crippen LogP contribution in [0.25, 0.3) is 0 Å². The van der Waals surface area contributed by atoms with Crippen LogP contribution in [0.3, 0.4) is 0 Å². The highest BCUT2D eigenvalue weighted by molar-refractivity contribution is 7.11. The summed E-state index contributed by atoms with van der Waals surface area (Å²) in [5.41, 5.74) is 2.61. The third-order valence-corrected chi connectivity index (χ3v) is 6.76. The highest BCUT2D eigenvalue weighted by atomic mass is 32.1. The predicted octanol–water partition coefficient (Wildman–Crippen LogP) is 3.02. The average molecular weight is 419 g/mol. The maximum absolute atomic E-state index is 13.0. The lowest BCUT2D eigenvalue weighted by Crippen LogP contribution is -2.46. The topological polar surface area (TPSA) is 97.6 Å². The summed E-state index contributed by atoms with van der Waals surface area (Å²) in [6.45, 7) is 7.47. The monoisotopic (exact) mass is 418 g/mol. The van der Waals surface area contributed by atoms with Crippen molar-refractivity contribution in [1.29, 1.82) is 0 Å². The number of carbonyl (C=O) groups is 2. The van der Waals surface area contributed by atoms with Gasteiger partial charge in [0.2, 0.25) is 5.89 Å². The van der Waals surface area contributed by atoms with Crippen molar-refractivity contribution in [3.05, 3.63) is 33.4 Å². The normalized spacial score (nSPS) is 19.5. The molecule has 29 heavy (non-hydrogen) atoms. The largest absolute Gasteiger partial charge is 0.443 e. The molecule has 1 spiro atoms. The molecule has 4 heterocycles. The van der Waals surface area contributed by atoms with Crippen molar-refractivity contribution in [2.24, 2.45) is 0 Å². The zero-order valence-electron chi connectivity index (χ0n) is 17.0. The van der Waals surface area contributed by atoms with Crippen LogP contribution in [0.4, 0.5) is 0 Å². The van der Waals surface area contributed by atoms with E-state index in [1.54, 1.807) is 26.3 Å². The SMILES string of the molecule is Cc1ncsc1C(=O)N[C@@H](C)c1nc(C(=O)N2CCC3(CCCO3)CC2)c(C)o1. The molecule has 0 saturated carbocycles. The van der Waals surface area contributed by atoms with Gasteiger partial charge < -0.3 is 19.4 Å². The molecule has 9 heteroatoms.